The molecule has 24 heavy (non-hydrogen) atoms. The summed E-state index contributed by atoms with van der Waals surface area (Å²) in [5.74, 6) is 1.98. The fourth-order valence-electron chi connectivity index (χ4n) is 2.50. The van der Waals surface area contributed by atoms with Crippen LogP contribution in [0.1, 0.15) is 22.3 Å². The van der Waals surface area contributed by atoms with Crippen LogP contribution >= 0.6 is 0 Å². The zero-order valence-corrected chi connectivity index (χ0v) is 13.7. The predicted octanol–water partition coefficient (Wildman–Crippen LogP) is 2.97. The van der Waals surface area contributed by atoms with Crippen LogP contribution in [-0.2, 0) is 0 Å². The summed E-state index contributed by atoms with van der Waals surface area (Å²) in [7, 11) is 0. The second-order valence-corrected chi connectivity index (χ2v) is 5.58. The molecule has 0 atom stereocenters. The topological polar surface area (TPSA) is 56.8 Å². The number of para-hydroxylation sites is 1. The minimum absolute atomic E-state index is 0.139. The third-order valence-electron chi connectivity index (χ3n) is 3.74. The van der Waals surface area contributed by atoms with E-state index < -0.39 is 0 Å². The molecule has 3 rings (SSSR count). The van der Waals surface area contributed by atoms with Crippen LogP contribution in [-0.4, -0.2) is 32.3 Å². The Labute approximate surface area is 141 Å². The number of benzene rings is 2. The van der Waals surface area contributed by atoms with Crippen LogP contribution in [0.25, 0.3) is 0 Å². The minimum Gasteiger partial charge on any atom is -0.492 e. The Hall–Kier alpha value is -2.69. The lowest BCUT2D eigenvalue weighted by Crippen LogP contribution is -2.28. The molecular formula is C19H21NO4. The smallest absolute Gasteiger partial charge is 0.251 e. The number of hydrogen-bond donors (Lipinski definition) is 1. The Balaban J connectivity index is 1.57. The van der Waals surface area contributed by atoms with Gasteiger partial charge in [0.25, 0.3) is 5.91 Å². The molecule has 0 fully saturated rings. The maximum Gasteiger partial charge on any atom is 0.251 e. The van der Waals surface area contributed by atoms with Gasteiger partial charge in [-0.15, -0.1) is 0 Å². The van der Waals surface area contributed by atoms with Crippen molar-refractivity contribution >= 4 is 5.91 Å². The largest absolute Gasteiger partial charge is 0.492 e. The number of amides is 1. The van der Waals surface area contributed by atoms with Crippen molar-refractivity contribution in [3.05, 3.63) is 53.6 Å². The SMILES string of the molecule is Cc1cc2c(cc1C(=O)NCCOc1ccccc1)OCCCO2. The van der Waals surface area contributed by atoms with Crippen molar-refractivity contribution in [2.24, 2.45) is 0 Å². The van der Waals surface area contributed by atoms with Gasteiger partial charge in [-0.1, -0.05) is 18.2 Å². The van der Waals surface area contributed by atoms with Crippen LogP contribution in [0.2, 0.25) is 0 Å². The molecule has 0 saturated heterocycles. The highest BCUT2D eigenvalue weighted by molar-refractivity contribution is 5.96. The van der Waals surface area contributed by atoms with Gasteiger partial charge in [0.15, 0.2) is 11.5 Å². The quantitative estimate of drug-likeness (QED) is 0.858. The lowest BCUT2D eigenvalue weighted by molar-refractivity contribution is 0.0946. The molecule has 5 heteroatoms. The molecule has 1 N–H and O–H groups in total. The average molecular weight is 327 g/mol. The van der Waals surface area contributed by atoms with Crippen LogP contribution < -0.4 is 19.5 Å². The van der Waals surface area contributed by atoms with Crippen molar-refractivity contribution in [3.8, 4) is 17.2 Å². The Kier molecular flexibility index (Phi) is 5.21. The lowest BCUT2D eigenvalue weighted by atomic mass is 10.1. The molecule has 0 bridgehead atoms. The molecule has 2 aromatic carbocycles. The van der Waals surface area contributed by atoms with Crippen LogP contribution in [0.3, 0.4) is 0 Å². The van der Waals surface area contributed by atoms with Gasteiger partial charge >= 0.3 is 0 Å². The first-order valence-electron chi connectivity index (χ1n) is 8.10. The molecule has 0 spiro atoms. The van der Waals surface area contributed by atoms with Crippen LogP contribution in [0.4, 0.5) is 0 Å². The van der Waals surface area contributed by atoms with E-state index in [-0.39, 0.29) is 5.91 Å². The summed E-state index contributed by atoms with van der Waals surface area (Å²) in [4.78, 5) is 12.4. The molecule has 1 heterocycles. The fourth-order valence-corrected chi connectivity index (χ4v) is 2.50. The monoisotopic (exact) mass is 327 g/mol. The molecule has 1 amide bonds. The van der Waals surface area contributed by atoms with E-state index in [1.807, 2.05) is 43.3 Å². The summed E-state index contributed by atoms with van der Waals surface area (Å²) >= 11 is 0. The standard InChI is InChI=1S/C19H21NO4/c1-14-12-17-18(24-10-5-9-23-17)13-16(14)19(21)20-8-11-22-15-6-3-2-4-7-15/h2-4,6-7,12-13H,5,8-11H2,1H3,(H,20,21). The van der Waals surface area contributed by atoms with E-state index >= 15 is 0 Å². The summed E-state index contributed by atoms with van der Waals surface area (Å²) in [6, 6.07) is 13.1. The summed E-state index contributed by atoms with van der Waals surface area (Å²) in [5, 5.41) is 2.87. The highest BCUT2D eigenvalue weighted by Crippen LogP contribution is 2.32. The van der Waals surface area contributed by atoms with Gasteiger partial charge in [0.1, 0.15) is 12.4 Å². The van der Waals surface area contributed by atoms with Crippen molar-refractivity contribution in [1.29, 1.82) is 0 Å². The van der Waals surface area contributed by atoms with E-state index in [1.54, 1.807) is 6.07 Å². The van der Waals surface area contributed by atoms with E-state index in [2.05, 4.69) is 5.32 Å². The third-order valence-corrected chi connectivity index (χ3v) is 3.74. The van der Waals surface area contributed by atoms with Crippen molar-refractivity contribution in [2.75, 3.05) is 26.4 Å². The summed E-state index contributed by atoms with van der Waals surface area (Å²) < 4.78 is 16.9. The first kappa shape index (κ1) is 16.2. The molecule has 0 saturated carbocycles. The van der Waals surface area contributed by atoms with Crippen LogP contribution in [0.15, 0.2) is 42.5 Å². The number of carbonyl (C=O) groups is 1. The van der Waals surface area contributed by atoms with E-state index in [1.165, 1.54) is 0 Å². The molecule has 0 aliphatic carbocycles. The third kappa shape index (κ3) is 3.98. The maximum atomic E-state index is 12.4. The molecule has 0 aromatic heterocycles. The molecule has 0 radical (unpaired) electrons. The first-order chi connectivity index (χ1) is 11.7. The molecule has 1 aliphatic heterocycles. The Morgan fingerprint density at radius 3 is 2.58 bits per heavy atom. The maximum absolute atomic E-state index is 12.4. The highest BCUT2D eigenvalue weighted by Gasteiger charge is 2.16. The summed E-state index contributed by atoms with van der Waals surface area (Å²) in [6.45, 7) is 3.97. The number of hydrogen-bond acceptors (Lipinski definition) is 4. The van der Waals surface area contributed by atoms with E-state index in [4.69, 9.17) is 14.2 Å². The normalized spacial score (nSPS) is 13.0. The number of carbonyl (C=O) groups excluding carboxylic acids is 1. The molecule has 126 valence electrons. The average Bonchev–Trinajstić information content (AvgIpc) is 2.83. The lowest BCUT2D eigenvalue weighted by Gasteiger charge is -2.13. The Bertz CT molecular complexity index is 700. The van der Waals surface area contributed by atoms with Crippen LogP contribution in [0, 0.1) is 6.92 Å². The minimum atomic E-state index is -0.139. The van der Waals surface area contributed by atoms with Gasteiger partial charge in [-0.3, -0.25) is 4.79 Å². The van der Waals surface area contributed by atoms with E-state index in [0.29, 0.717) is 43.4 Å². The number of fused-ring (bicyclic) bond motifs is 1. The Morgan fingerprint density at radius 1 is 1.12 bits per heavy atom. The zero-order chi connectivity index (χ0) is 16.8. The highest BCUT2D eigenvalue weighted by atomic mass is 16.5. The van der Waals surface area contributed by atoms with Crippen LogP contribution in [0.5, 0.6) is 17.2 Å². The number of ether oxygens (including phenoxy) is 3. The zero-order valence-electron chi connectivity index (χ0n) is 13.7. The van der Waals surface area contributed by atoms with Gasteiger partial charge < -0.3 is 19.5 Å². The van der Waals surface area contributed by atoms with Gasteiger partial charge in [0.05, 0.1) is 19.8 Å². The number of rotatable bonds is 5. The fraction of sp³-hybridized carbons (Fsp3) is 0.316. The van der Waals surface area contributed by atoms with Crippen molar-refractivity contribution in [2.45, 2.75) is 13.3 Å². The van der Waals surface area contributed by atoms with Crippen molar-refractivity contribution in [1.82, 2.24) is 5.32 Å². The first-order valence-corrected chi connectivity index (χ1v) is 8.10. The Morgan fingerprint density at radius 2 is 1.83 bits per heavy atom. The molecule has 2 aromatic rings. The molecule has 0 unspecified atom stereocenters. The molecule has 1 aliphatic rings. The predicted molar refractivity (Wildman–Crippen MR) is 91.1 cm³/mol. The van der Waals surface area contributed by atoms with Gasteiger partial charge in [-0.05, 0) is 36.8 Å². The van der Waals surface area contributed by atoms with Gasteiger partial charge in [0.2, 0.25) is 0 Å². The molecular weight excluding hydrogens is 306 g/mol. The van der Waals surface area contributed by atoms with E-state index in [0.717, 1.165) is 17.7 Å². The van der Waals surface area contributed by atoms with Gasteiger partial charge in [0, 0.05) is 12.0 Å². The number of aryl methyl sites for hydroxylation is 1. The summed E-state index contributed by atoms with van der Waals surface area (Å²) in [6.07, 6.45) is 0.839. The van der Waals surface area contributed by atoms with Gasteiger partial charge in [-0.25, -0.2) is 0 Å². The van der Waals surface area contributed by atoms with Gasteiger partial charge in [-0.2, -0.15) is 0 Å². The van der Waals surface area contributed by atoms with Crippen molar-refractivity contribution < 1.29 is 19.0 Å². The molecule has 5 nitrogen and oxygen atoms in total. The van der Waals surface area contributed by atoms with E-state index in [9.17, 15) is 4.79 Å². The summed E-state index contributed by atoms with van der Waals surface area (Å²) in [5.41, 5.74) is 1.46. The second-order valence-electron chi connectivity index (χ2n) is 5.58. The van der Waals surface area contributed by atoms with Crippen molar-refractivity contribution in [3.63, 3.8) is 0 Å². The number of nitrogens with one attached hydrogen (secondary N) is 1. The second kappa shape index (κ2) is 7.73.